The first-order chi connectivity index (χ1) is 7.27. The van der Waals surface area contributed by atoms with Gasteiger partial charge in [0.15, 0.2) is 7.05 Å². The fourth-order valence-corrected chi connectivity index (χ4v) is 0.211. The molecule has 0 saturated heterocycles. The van der Waals surface area contributed by atoms with Gasteiger partial charge in [0.2, 0.25) is 6.20 Å². The number of nitro groups is 2. The first-order valence-electron chi connectivity index (χ1n) is 3.64. The van der Waals surface area contributed by atoms with Gasteiger partial charge in [-0.05, 0) is 24.4 Å². The molecular formula is C9H25I5N2O4. The Morgan fingerprint density at radius 3 is 1.20 bits per heavy atom. The zero-order valence-electron chi connectivity index (χ0n) is 10.3. The SMILES string of the molecule is C.C.CC(C)=C[N+](=O)[O-].CI.C[N+](=O)[O-].I.I.ICI. The van der Waals surface area contributed by atoms with Crippen LogP contribution in [-0.2, 0) is 0 Å². The van der Waals surface area contributed by atoms with Gasteiger partial charge in [-0.25, -0.2) is 0 Å². The second-order valence-electron chi connectivity index (χ2n) is 2.03. The van der Waals surface area contributed by atoms with Gasteiger partial charge in [0.25, 0.3) is 0 Å². The number of nitrogens with zero attached hydrogens (tertiary/aromatic N) is 2. The summed E-state index contributed by atoms with van der Waals surface area (Å²) in [6.45, 7) is 3.37. The predicted molar refractivity (Wildman–Crippen MR) is 136 cm³/mol. The Morgan fingerprint density at radius 2 is 1.20 bits per heavy atom. The summed E-state index contributed by atoms with van der Waals surface area (Å²) in [7, 11) is 0.889. The van der Waals surface area contributed by atoms with Gasteiger partial charge in [-0.3, -0.25) is 20.2 Å². The van der Waals surface area contributed by atoms with Crippen LogP contribution in [0.15, 0.2) is 11.8 Å². The molecule has 0 saturated carbocycles. The van der Waals surface area contributed by atoms with Crippen LogP contribution in [0.4, 0.5) is 0 Å². The molecule has 0 atom stereocenters. The van der Waals surface area contributed by atoms with E-state index < -0.39 is 9.85 Å². The molecule has 0 radical (unpaired) electrons. The molecule has 11 heteroatoms. The highest BCUT2D eigenvalue weighted by atomic mass is 127. The van der Waals surface area contributed by atoms with Crippen LogP contribution >= 0.6 is 116 Å². The van der Waals surface area contributed by atoms with E-state index in [-0.39, 0.29) is 62.8 Å². The highest BCUT2D eigenvalue weighted by Gasteiger charge is 1.83. The van der Waals surface area contributed by atoms with Crippen molar-refractivity contribution in [3.63, 3.8) is 0 Å². The summed E-state index contributed by atoms with van der Waals surface area (Å²) in [4.78, 5) is 19.4. The zero-order chi connectivity index (χ0) is 14.1. The molecule has 0 aromatic carbocycles. The summed E-state index contributed by atoms with van der Waals surface area (Å²) in [5, 5.41) is 18.3. The molecule has 0 aromatic heterocycles. The smallest absolute Gasteiger partial charge is 0.233 e. The fraction of sp³-hybridized carbons (Fsp3) is 0.778. The molecule has 6 nitrogen and oxygen atoms in total. The van der Waals surface area contributed by atoms with Crippen molar-refractivity contribution >= 4 is 116 Å². The number of hydrogen-bond donors (Lipinski definition) is 0. The quantitative estimate of drug-likeness (QED) is 0.131. The van der Waals surface area contributed by atoms with Crippen LogP contribution in [0.1, 0.15) is 28.7 Å². The average Bonchev–Trinajstić information content (AvgIpc) is 2.05. The summed E-state index contributed by atoms with van der Waals surface area (Å²) in [5.41, 5.74) is 0.713. The first kappa shape index (κ1) is 49.5. The van der Waals surface area contributed by atoms with E-state index >= 15 is 0 Å². The molecule has 0 N–H and O–H groups in total. The minimum atomic E-state index is -0.500. The lowest BCUT2D eigenvalue weighted by Gasteiger charge is -1.77. The number of halogens is 5. The minimum Gasteiger partial charge on any atom is -0.265 e. The van der Waals surface area contributed by atoms with Crippen LogP contribution in [0.2, 0.25) is 0 Å². The van der Waals surface area contributed by atoms with Crippen LogP contribution in [0.5, 0.6) is 0 Å². The van der Waals surface area contributed by atoms with Gasteiger partial charge in [-0.15, -0.1) is 48.0 Å². The number of hydrogen-bond acceptors (Lipinski definition) is 4. The Balaban J connectivity index is -0.0000000164. The predicted octanol–water partition coefficient (Wildman–Crippen LogP) is 6.45. The van der Waals surface area contributed by atoms with Gasteiger partial charge in [0.05, 0.1) is 7.36 Å². The average molecular weight is 860 g/mol. The lowest BCUT2D eigenvalue weighted by Crippen LogP contribution is -1.83. The largest absolute Gasteiger partial charge is 0.265 e. The summed E-state index contributed by atoms with van der Waals surface area (Å²) in [6, 6.07) is 0. The molecule has 0 aromatic rings. The van der Waals surface area contributed by atoms with E-state index in [4.69, 9.17) is 10.1 Å². The molecular weight excluding hydrogens is 835 g/mol. The summed E-state index contributed by atoms with van der Waals surface area (Å²) < 4.78 is 1.19. The first-order valence-corrected chi connectivity index (χ1v) is 8.85. The van der Waals surface area contributed by atoms with Gasteiger partial charge in [0.1, 0.15) is 0 Å². The van der Waals surface area contributed by atoms with E-state index in [2.05, 4.69) is 67.8 Å². The van der Waals surface area contributed by atoms with Gasteiger partial charge >= 0.3 is 0 Å². The van der Waals surface area contributed by atoms with Crippen molar-refractivity contribution in [2.75, 3.05) is 14.4 Å². The van der Waals surface area contributed by atoms with Crippen molar-refractivity contribution in [1.29, 1.82) is 0 Å². The van der Waals surface area contributed by atoms with Gasteiger partial charge in [-0.2, -0.15) is 0 Å². The highest BCUT2D eigenvalue weighted by Crippen LogP contribution is 1.86. The lowest BCUT2D eigenvalue weighted by atomic mass is 10.4. The van der Waals surface area contributed by atoms with Gasteiger partial charge < -0.3 is 0 Å². The monoisotopic (exact) mass is 860 g/mol. The summed E-state index contributed by atoms with van der Waals surface area (Å²) in [6.07, 6.45) is 0.972. The summed E-state index contributed by atoms with van der Waals surface area (Å²) >= 11 is 6.70. The van der Waals surface area contributed by atoms with E-state index in [9.17, 15) is 10.1 Å². The molecule has 0 heterocycles. The molecule has 130 valence electrons. The van der Waals surface area contributed by atoms with Crippen molar-refractivity contribution < 1.29 is 9.85 Å². The van der Waals surface area contributed by atoms with Crippen LogP contribution < -0.4 is 0 Å². The second-order valence-corrected chi connectivity index (χ2v) is 6.48. The van der Waals surface area contributed by atoms with E-state index in [0.29, 0.717) is 5.57 Å². The number of rotatable bonds is 1. The Bertz CT molecular complexity index is 199. The van der Waals surface area contributed by atoms with E-state index in [1.807, 2.05) is 4.93 Å². The van der Waals surface area contributed by atoms with E-state index in [1.165, 1.54) is 2.43 Å². The van der Waals surface area contributed by atoms with Crippen molar-refractivity contribution in [2.45, 2.75) is 28.7 Å². The van der Waals surface area contributed by atoms with Crippen molar-refractivity contribution in [2.24, 2.45) is 0 Å². The maximum Gasteiger partial charge on any atom is 0.233 e. The van der Waals surface area contributed by atoms with Gasteiger partial charge in [0, 0.05) is 4.92 Å². The van der Waals surface area contributed by atoms with Crippen LogP contribution in [0, 0.1) is 20.2 Å². The molecule has 0 spiro atoms. The zero-order valence-corrected chi connectivity index (χ0v) is 21.4. The minimum absolute atomic E-state index is 0. The third-order valence-electron chi connectivity index (χ3n) is 0.364. The maximum absolute atomic E-state index is 9.54. The Kier molecular flexibility index (Phi) is 123. The molecule has 0 amide bonds. The van der Waals surface area contributed by atoms with Crippen LogP contribution in [0.25, 0.3) is 0 Å². The second kappa shape index (κ2) is 49.6. The maximum atomic E-state index is 9.54. The third kappa shape index (κ3) is 194. The van der Waals surface area contributed by atoms with Crippen molar-refractivity contribution in [3.8, 4) is 0 Å². The highest BCUT2D eigenvalue weighted by molar-refractivity contribution is 14.2. The number of alkyl halides is 3. The van der Waals surface area contributed by atoms with Crippen LogP contribution in [-0.4, -0.2) is 24.3 Å². The van der Waals surface area contributed by atoms with Crippen molar-refractivity contribution in [3.05, 3.63) is 32.0 Å². The number of allylic oxidation sites excluding steroid dienone is 1. The molecule has 0 unspecified atom stereocenters. The Hall–Kier alpha value is 2.19. The van der Waals surface area contributed by atoms with Gasteiger partial charge in [-0.1, -0.05) is 82.6 Å². The Labute approximate surface area is 197 Å². The molecule has 0 bridgehead atoms. The molecule has 0 aliphatic heterocycles. The third-order valence-corrected chi connectivity index (χ3v) is 0.364. The summed E-state index contributed by atoms with van der Waals surface area (Å²) in [5.74, 6) is 0. The Morgan fingerprint density at radius 1 is 1.05 bits per heavy atom. The molecule has 0 aliphatic carbocycles. The van der Waals surface area contributed by atoms with E-state index in [1.54, 1.807) is 13.8 Å². The molecule has 0 rings (SSSR count). The lowest BCUT2D eigenvalue weighted by molar-refractivity contribution is -0.445. The fourth-order valence-electron chi connectivity index (χ4n) is 0.211. The molecule has 0 aliphatic rings. The normalized spacial score (nSPS) is 5.15. The van der Waals surface area contributed by atoms with Crippen molar-refractivity contribution in [1.82, 2.24) is 0 Å². The molecule has 20 heavy (non-hydrogen) atoms. The standard InChI is InChI=1S/C4H7NO2.CH2I2.CH3I.CH3NO2.2CH4.2HI/c1-4(2)3-5(6)7;2-1-3;1-2;1-2(3)4;;;;/h3H,1-2H3;1H2;1H3;1H3;2*1H4;2*1H. The van der Waals surface area contributed by atoms with Crippen LogP contribution in [0.3, 0.4) is 0 Å². The topological polar surface area (TPSA) is 86.3 Å². The van der Waals surface area contributed by atoms with E-state index in [0.717, 1.165) is 13.2 Å². The molecule has 0 fully saturated rings.